The Balaban J connectivity index is 2.02. The molecule has 0 amide bonds. The number of allylic oxidation sites excluding steroid dienone is 1. The van der Waals surface area contributed by atoms with Crippen LogP contribution in [0.2, 0.25) is 0 Å². The average molecular weight is 391 g/mol. The molecule has 2 heterocycles. The van der Waals surface area contributed by atoms with Crippen molar-refractivity contribution in [3.05, 3.63) is 51.9 Å². The minimum absolute atomic E-state index is 0.320. The Morgan fingerprint density at radius 2 is 2.29 bits per heavy atom. The average Bonchev–Trinajstić information content (AvgIpc) is 3.01. The van der Waals surface area contributed by atoms with Crippen molar-refractivity contribution in [1.29, 1.82) is 0 Å². The Labute approximate surface area is 149 Å². The van der Waals surface area contributed by atoms with E-state index in [4.69, 9.17) is 4.74 Å². The Bertz CT molecular complexity index is 784. The zero-order valence-corrected chi connectivity index (χ0v) is 15.2. The molecule has 1 unspecified atom stereocenters. The van der Waals surface area contributed by atoms with Gasteiger partial charge in [0.1, 0.15) is 12.4 Å². The van der Waals surface area contributed by atoms with Gasteiger partial charge in [0.15, 0.2) is 0 Å². The van der Waals surface area contributed by atoms with Gasteiger partial charge < -0.3 is 10.1 Å². The summed E-state index contributed by atoms with van der Waals surface area (Å²) in [4.78, 5) is 16.9. The first kappa shape index (κ1) is 16.7. The summed E-state index contributed by atoms with van der Waals surface area (Å²) in [6, 6.07) is 7.47. The van der Waals surface area contributed by atoms with Crippen LogP contribution in [0, 0.1) is 0 Å². The number of nitrogens with one attached hydrogen (secondary N) is 1. The van der Waals surface area contributed by atoms with Gasteiger partial charge in [-0.05, 0) is 31.0 Å². The van der Waals surface area contributed by atoms with Crippen LogP contribution in [0.1, 0.15) is 38.3 Å². The lowest BCUT2D eigenvalue weighted by molar-refractivity contribution is -0.139. The van der Waals surface area contributed by atoms with Crippen molar-refractivity contribution >= 4 is 27.8 Å². The molecule has 0 saturated heterocycles. The van der Waals surface area contributed by atoms with E-state index in [1.54, 1.807) is 4.68 Å². The van der Waals surface area contributed by atoms with E-state index < -0.39 is 0 Å². The van der Waals surface area contributed by atoms with Crippen LogP contribution in [0.5, 0.6) is 0 Å². The molecule has 2 aromatic rings. The van der Waals surface area contributed by atoms with Crippen LogP contribution in [0.15, 0.2) is 46.3 Å². The molecule has 0 radical (unpaired) electrons. The minimum atomic E-state index is -0.365. The largest absolute Gasteiger partial charge is 0.462 e. The van der Waals surface area contributed by atoms with E-state index in [0.29, 0.717) is 18.1 Å². The van der Waals surface area contributed by atoms with Crippen LogP contribution in [0.25, 0.3) is 0 Å². The van der Waals surface area contributed by atoms with Crippen molar-refractivity contribution in [3.8, 4) is 0 Å². The van der Waals surface area contributed by atoms with Crippen molar-refractivity contribution in [2.24, 2.45) is 0 Å². The molecule has 0 bridgehead atoms. The van der Waals surface area contributed by atoms with Gasteiger partial charge in [0.25, 0.3) is 0 Å². The third-order valence-corrected chi connectivity index (χ3v) is 4.40. The standard InChI is InChI=1S/C17H19BrN4O2/c1-3-4-8-24-16(23)14-11(2)21-17-19-10-20-22(17)15(14)12-6-5-7-13(18)9-12/h5-7,9-10,15H,3-4,8H2,1-2H3,(H,19,20,21). The van der Waals surface area contributed by atoms with Crippen molar-refractivity contribution in [3.63, 3.8) is 0 Å². The predicted molar refractivity (Wildman–Crippen MR) is 94.5 cm³/mol. The fourth-order valence-electron chi connectivity index (χ4n) is 2.73. The summed E-state index contributed by atoms with van der Waals surface area (Å²) in [5.41, 5.74) is 2.24. The fraction of sp³-hybridized carbons (Fsp3) is 0.353. The molecule has 0 spiro atoms. The number of rotatable bonds is 5. The van der Waals surface area contributed by atoms with Gasteiger partial charge in [-0.3, -0.25) is 0 Å². The number of anilines is 1. The third-order valence-electron chi connectivity index (χ3n) is 3.91. The summed E-state index contributed by atoms with van der Waals surface area (Å²) < 4.78 is 8.11. The highest BCUT2D eigenvalue weighted by Gasteiger charge is 2.34. The lowest BCUT2D eigenvalue weighted by Gasteiger charge is -2.28. The summed E-state index contributed by atoms with van der Waals surface area (Å²) >= 11 is 3.49. The molecule has 0 saturated carbocycles. The van der Waals surface area contributed by atoms with E-state index in [9.17, 15) is 4.79 Å². The first-order chi connectivity index (χ1) is 11.6. The number of ether oxygens (including phenoxy) is 1. The first-order valence-corrected chi connectivity index (χ1v) is 8.71. The number of esters is 1. The zero-order chi connectivity index (χ0) is 17.1. The first-order valence-electron chi connectivity index (χ1n) is 7.91. The lowest BCUT2D eigenvalue weighted by Crippen LogP contribution is -2.29. The van der Waals surface area contributed by atoms with Crippen LogP contribution in [0.4, 0.5) is 5.95 Å². The SMILES string of the molecule is CCCCOC(=O)C1=C(C)Nc2ncnn2C1c1cccc(Br)c1. The van der Waals surface area contributed by atoms with Crippen LogP contribution in [-0.4, -0.2) is 27.3 Å². The van der Waals surface area contributed by atoms with E-state index in [1.165, 1.54) is 6.33 Å². The van der Waals surface area contributed by atoms with Gasteiger partial charge in [-0.2, -0.15) is 10.1 Å². The maximum absolute atomic E-state index is 12.7. The Morgan fingerprint density at radius 3 is 3.04 bits per heavy atom. The summed E-state index contributed by atoms with van der Waals surface area (Å²) in [6.07, 6.45) is 3.30. The zero-order valence-electron chi connectivity index (χ0n) is 13.6. The number of carbonyl (C=O) groups excluding carboxylic acids is 1. The molecule has 6 nitrogen and oxygen atoms in total. The molecule has 1 aromatic heterocycles. The molecule has 24 heavy (non-hydrogen) atoms. The van der Waals surface area contributed by atoms with Crippen molar-refractivity contribution in [1.82, 2.24) is 14.8 Å². The topological polar surface area (TPSA) is 69.0 Å². The van der Waals surface area contributed by atoms with Crippen molar-refractivity contribution in [2.75, 3.05) is 11.9 Å². The maximum atomic E-state index is 12.7. The van der Waals surface area contributed by atoms with E-state index in [1.807, 2.05) is 31.2 Å². The number of hydrogen-bond acceptors (Lipinski definition) is 5. The van der Waals surface area contributed by atoms with Crippen LogP contribution < -0.4 is 5.32 Å². The molecule has 0 aliphatic carbocycles. The summed E-state index contributed by atoms with van der Waals surface area (Å²) in [6.45, 7) is 4.34. The molecule has 3 rings (SSSR count). The molecule has 1 atom stereocenters. The molecule has 1 aromatic carbocycles. The van der Waals surface area contributed by atoms with Gasteiger partial charge in [-0.1, -0.05) is 41.4 Å². The molecule has 126 valence electrons. The van der Waals surface area contributed by atoms with Gasteiger partial charge in [-0.15, -0.1) is 0 Å². The van der Waals surface area contributed by atoms with Gasteiger partial charge in [-0.25, -0.2) is 9.48 Å². The van der Waals surface area contributed by atoms with Crippen LogP contribution in [-0.2, 0) is 9.53 Å². The van der Waals surface area contributed by atoms with Crippen LogP contribution >= 0.6 is 15.9 Å². The number of benzene rings is 1. The van der Waals surface area contributed by atoms with E-state index in [2.05, 4.69) is 38.3 Å². The lowest BCUT2D eigenvalue weighted by atomic mass is 9.96. The summed E-state index contributed by atoms with van der Waals surface area (Å²) in [5, 5.41) is 7.43. The number of nitrogens with zero attached hydrogens (tertiary/aromatic N) is 3. The monoisotopic (exact) mass is 390 g/mol. The molecular formula is C17H19BrN4O2. The van der Waals surface area contributed by atoms with Crippen molar-refractivity contribution in [2.45, 2.75) is 32.7 Å². The number of unbranched alkanes of at least 4 members (excludes halogenated alkanes) is 1. The molecular weight excluding hydrogens is 372 g/mol. The maximum Gasteiger partial charge on any atom is 0.338 e. The highest BCUT2D eigenvalue weighted by Crippen LogP contribution is 2.35. The molecule has 1 aliphatic heterocycles. The second kappa shape index (κ2) is 7.17. The normalized spacial score (nSPS) is 16.5. The number of fused-ring (bicyclic) bond motifs is 1. The smallest absolute Gasteiger partial charge is 0.338 e. The van der Waals surface area contributed by atoms with Gasteiger partial charge in [0, 0.05) is 10.2 Å². The minimum Gasteiger partial charge on any atom is -0.462 e. The van der Waals surface area contributed by atoms with E-state index in [-0.39, 0.29) is 12.0 Å². The fourth-order valence-corrected chi connectivity index (χ4v) is 3.14. The second-order valence-corrected chi connectivity index (χ2v) is 6.55. The highest BCUT2D eigenvalue weighted by molar-refractivity contribution is 9.10. The van der Waals surface area contributed by atoms with Crippen LogP contribution in [0.3, 0.4) is 0 Å². The molecule has 1 aliphatic rings. The number of aromatic nitrogens is 3. The molecule has 1 N–H and O–H groups in total. The van der Waals surface area contributed by atoms with Gasteiger partial charge in [0.2, 0.25) is 5.95 Å². The molecule has 0 fully saturated rings. The number of carbonyl (C=O) groups is 1. The van der Waals surface area contributed by atoms with Gasteiger partial charge >= 0.3 is 5.97 Å². The number of hydrogen-bond donors (Lipinski definition) is 1. The quantitative estimate of drug-likeness (QED) is 0.622. The van der Waals surface area contributed by atoms with Crippen molar-refractivity contribution < 1.29 is 9.53 Å². The van der Waals surface area contributed by atoms with E-state index >= 15 is 0 Å². The summed E-state index contributed by atoms with van der Waals surface area (Å²) in [5.74, 6) is 0.294. The predicted octanol–water partition coefficient (Wildman–Crippen LogP) is 3.67. The third kappa shape index (κ3) is 3.21. The Morgan fingerprint density at radius 1 is 1.46 bits per heavy atom. The summed E-state index contributed by atoms with van der Waals surface area (Å²) in [7, 11) is 0. The number of halogens is 1. The van der Waals surface area contributed by atoms with E-state index in [0.717, 1.165) is 28.6 Å². The molecule has 7 heteroatoms. The van der Waals surface area contributed by atoms with Gasteiger partial charge in [0.05, 0.1) is 12.2 Å². The highest BCUT2D eigenvalue weighted by atomic mass is 79.9. The Hall–Kier alpha value is -2.15. The second-order valence-electron chi connectivity index (χ2n) is 5.64. The Kier molecular flexibility index (Phi) is 4.99.